The second-order valence-corrected chi connectivity index (χ2v) is 6.78. The van der Waals surface area contributed by atoms with Crippen LogP contribution in [0.3, 0.4) is 0 Å². The van der Waals surface area contributed by atoms with Gasteiger partial charge < -0.3 is 5.32 Å². The fourth-order valence-corrected chi connectivity index (χ4v) is 4.04. The SMILES string of the molecule is CNCc1sc2c(Cl)ccc(Cl)c2c1CC(C)C. The van der Waals surface area contributed by atoms with Crippen LogP contribution in [0.25, 0.3) is 10.1 Å². The summed E-state index contributed by atoms with van der Waals surface area (Å²) in [6.45, 7) is 5.32. The van der Waals surface area contributed by atoms with Crippen molar-refractivity contribution in [3.05, 3.63) is 32.6 Å². The van der Waals surface area contributed by atoms with E-state index >= 15 is 0 Å². The van der Waals surface area contributed by atoms with Crippen LogP contribution in [0.4, 0.5) is 0 Å². The summed E-state index contributed by atoms with van der Waals surface area (Å²) in [7, 11) is 1.97. The Morgan fingerprint density at radius 3 is 2.50 bits per heavy atom. The Labute approximate surface area is 122 Å². The standard InChI is InChI=1S/C14H17Cl2NS/c1-8(2)6-9-12(7-17-3)18-14-11(16)5-4-10(15)13(9)14/h4-5,8,17H,6-7H2,1-3H3. The lowest BCUT2D eigenvalue weighted by atomic mass is 10.00. The summed E-state index contributed by atoms with van der Waals surface area (Å²) in [6.07, 6.45) is 1.04. The average molecular weight is 302 g/mol. The Morgan fingerprint density at radius 1 is 1.22 bits per heavy atom. The molecule has 1 heterocycles. The molecule has 0 aliphatic rings. The second kappa shape index (κ2) is 5.79. The molecule has 98 valence electrons. The molecule has 1 aromatic carbocycles. The molecule has 0 saturated carbocycles. The van der Waals surface area contributed by atoms with E-state index in [-0.39, 0.29) is 0 Å². The van der Waals surface area contributed by atoms with Crippen LogP contribution in [0.1, 0.15) is 24.3 Å². The third-order valence-electron chi connectivity index (χ3n) is 2.87. The zero-order valence-corrected chi connectivity index (χ0v) is 13.1. The van der Waals surface area contributed by atoms with Gasteiger partial charge in [-0.2, -0.15) is 0 Å². The van der Waals surface area contributed by atoms with Crippen LogP contribution in [0, 0.1) is 5.92 Å². The molecular formula is C14H17Cl2NS. The number of halogens is 2. The first kappa shape index (κ1) is 14.1. The molecule has 0 amide bonds. The molecule has 18 heavy (non-hydrogen) atoms. The number of thiophene rings is 1. The van der Waals surface area contributed by atoms with Gasteiger partial charge in [-0.25, -0.2) is 0 Å². The molecule has 1 aromatic heterocycles. The Kier molecular flexibility index (Phi) is 4.54. The molecule has 0 radical (unpaired) electrons. The van der Waals surface area contributed by atoms with E-state index < -0.39 is 0 Å². The monoisotopic (exact) mass is 301 g/mol. The largest absolute Gasteiger partial charge is 0.315 e. The van der Waals surface area contributed by atoms with Gasteiger partial charge >= 0.3 is 0 Å². The van der Waals surface area contributed by atoms with Gasteiger partial charge in [0.25, 0.3) is 0 Å². The van der Waals surface area contributed by atoms with E-state index in [0.717, 1.165) is 33.1 Å². The van der Waals surface area contributed by atoms with Crippen LogP contribution in [-0.4, -0.2) is 7.05 Å². The maximum atomic E-state index is 6.36. The molecule has 0 bridgehead atoms. The summed E-state index contributed by atoms with van der Waals surface area (Å²) < 4.78 is 1.12. The van der Waals surface area contributed by atoms with Gasteiger partial charge in [0, 0.05) is 21.8 Å². The summed E-state index contributed by atoms with van der Waals surface area (Å²) >= 11 is 14.4. The maximum absolute atomic E-state index is 6.36. The predicted octanol–water partition coefficient (Wildman–Crippen LogP) is 5.13. The lowest BCUT2D eigenvalue weighted by molar-refractivity contribution is 0.645. The summed E-state index contributed by atoms with van der Waals surface area (Å²) in [4.78, 5) is 1.34. The van der Waals surface area contributed by atoms with Gasteiger partial charge in [0.05, 0.1) is 9.72 Å². The number of nitrogens with one attached hydrogen (secondary N) is 1. The van der Waals surface area contributed by atoms with Gasteiger partial charge in [0.15, 0.2) is 0 Å². The Bertz CT molecular complexity index is 560. The van der Waals surface area contributed by atoms with Gasteiger partial charge in [-0.05, 0) is 37.1 Å². The normalized spacial score (nSPS) is 11.7. The highest BCUT2D eigenvalue weighted by molar-refractivity contribution is 7.20. The van der Waals surface area contributed by atoms with E-state index in [4.69, 9.17) is 23.2 Å². The smallest absolute Gasteiger partial charge is 0.0585 e. The van der Waals surface area contributed by atoms with Gasteiger partial charge in [-0.3, -0.25) is 0 Å². The minimum atomic E-state index is 0.605. The average Bonchev–Trinajstić information content (AvgIpc) is 2.64. The number of hydrogen-bond donors (Lipinski definition) is 1. The lowest BCUT2D eigenvalue weighted by Crippen LogP contribution is -2.06. The molecule has 0 unspecified atom stereocenters. The number of hydrogen-bond acceptors (Lipinski definition) is 2. The Balaban J connectivity index is 2.68. The van der Waals surface area contributed by atoms with E-state index in [1.165, 1.54) is 10.4 Å². The van der Waals surface area contributed by atoms with Crippen LogP contribution < -0.4 is 5.32 Å². The molecule has 1 N–H and O–H groups in total. The van der Waals surface area contributed by atoms with Crippen molar-refractivity contribution in [1.29, 1.82) is 0 Å². The zero-order valence-electron chi connectivity index (χ0n) is 10.8. The lowest BCUT2D eigenvalue weighted by Gasteiger charge is -2.08. The molecule has 4 heteroatoms. The highest BCUT2D eigenvalue weighted by Crippen LogP contribution is 2.41. The molecular weight excluding hydrogens is 285 g/mol. The molecule has 0 aliphatic carbocycles. The molecule has 0 atom stereocenters. The molecule has 0 aliphatic heterocycles. The second-order valence-electron chi connectivity index (χ2n) is 4.87. The number of benzene rings is 1. The predicted molar refractivity (Wildman–Crippen MR) is 83.2 cm³/mol. The van der Waals surface area contributed by atoms with Crippen molar-refractivity contribution in [1.82, 2.24) is 5.32 Å². The van der Waals surface area contributed by atoms with Gasteiger partial charge in [0.1, 0.15) is 0 Å². The molecule has 1 nitrogen and oxygen atoms in total. The molecule has 0 saturated heterocycles. The fourth-order valence-electron chi connectivity index (χ4n) is 2.17. The van der Waals surface area contributed by atoms with Crippen molar-refractivity contribution in [2.45, 2.75) is 26.8 Å². The third-order valence-corrected chi connectivity index (χ3v) is 4.88. The van der Waals surface area contributed by atoms with E-state index in [9.17, 15) is 0 Å². The van der Waals surface area contributed by atoms with Gasteiger partial charge in [-0.1, -0.05) is 37.0 Å². The minimum absolute atomic E-state index is 0.605. The Morgan fingerprint density at radius 2 is 1.89 bits per heavy atom. The van der Waals surface area contributed by atoms with Crippen molar-refractivity contribution >= 4 is 44.6 Å². The van der Waals surface area contributed by atoms with E-state index in [1.807, 2.05) is 19.2 Å². The van der Waals surface area contributed by atoms with E-state index in [0.29, 0.717) is 5.92 Å². The summed E-state index contributed by atoms with van der Waals surface area (Å²) in [5, 5.41) is 5.98. The fraction of sp³-hybridized carbons (Fsp3) is 0.429. The first-order valence-corrected chi connectivity index (χ1v) is 7.64. The summed E-state index contributed by atoms with van der Waals surface area (Å²) in [5.41, 5.74) is 1.35. The van der Waals surface area contributed by atoms with Crippen molar-refractivity contribution in [3.8, 4) is 0 Å². The van der Waals surface area contributed by atoms with Gasteiger partial charge in [0.2, 0.25) is 0 Å². The molecule has 0 fully saturated rings. The van der Waals surface area contributed by atoms with Crippen molar-refractivity contribution < 1.29 is 0 Å². The van der Waals surface area contributed by atoms with Crippen LogP contribution in [0.5, 0.6) is 0 Å². The summed E-state index contributed by atoms with van der Waals surface area (Å²) in [6, 6.07) is 3.77. The minimum Gasteiger partial charge on any atom is -0.315 e. The van der Waals surface area contributed by atoms with Crippen LogP contribution in [0.15, 0.2) is 12.1 Å². The number of fused-ring (bicyclic) bond motifs is 1. The molecule has 0 spiro atoms. The van der Waals surface area contributed by atoms with E-state index in [1.54, 1.807) is 11.3 Å². The van der Waals surface area contributed by atoms with Crippen molar-refractivity contribution in [2.24, 2.45) is 5.92 Å². The molecule has 2 rings (SSSR count). The van der Waals surface area contributed by atoms with E-state index in [2.05, 4.69) is 19.2 Å². The first-order valence-electron chi connectivity index (χ1n) is 6.07. The third kappa shape index (κ3) is 2.67. The topological polar surface area (TPSA) is 12.0 Å². The van der Waals surface area contributed by atoms with Gasteiger partial charge in [-0.15, -0.1) is 11.3 Å². The van der Waals surface area contributed by atoms with Crippen molar-refractivity contribution in [3.63, 3.8) is 0 Å². The van der Waals surface area contributed by atoms with Crippen molar-refractivity contribution in [2.75, 3.05) is 7.05 Å². The highest BCUT2D eigenvalue weighted by Gasteiger charge is 2.17. The van der Waals surface area contributed by atoms with Crippen LogP contribution in [-0.2, 0) is 13.0 Å². The summed E-state index contributed by atoms with van der Waals surface area (Å²) in [5.74, 6) is 0.605. The number of rotatable bonds is 4. The quantitative estimate of drug-likeness (QED) is 0.826. The van der Waals surface area contributed by atoms with Crippen LogP contribution >= 0.6 is 34.5 Å². The maximum Gasteiger partial charge on any atom is 0.0585 e. The molecule has 2 aromatic rings. The Hall–Kier alpha value is -0.280. The zero-order chi connectivity index (χ0) is 13.3. The highest BCUT2D eigenvalue weighted by atomic mass is 35.5. The first-order chi connectivity index (χ1) is 8.54. The van der Waals surface area contributed by atoms with Crippen LogP contribution in [0.2, 0.25) is 10.0 Å².